The number of carbonyl (C=O) groups excluding carboxylic acids is 1. The molecule has 1 aromatic rings. The van der Waals surface area contributed by atoms with Crippen molar-refractivity contribution >= 4 is 5.91 Å². The van der Waals surface area contributed by atoms with Crippen molar-refractivity contribution in [3.8, 4) is 6.07 Å². The SMILES string of the molecule is CN1C(=O)c2ccccc2C1CC#N. The third-order valence-electron chi connectivity index (χ3n) is 2.62. The molecule has 0 saturated carbocycles. The predicted octanol–water partition coefficient (Wildman–Crippen LogP) is 1.73. The summed E-state index contributed by atoms with van der Waals surface area (Å²) in [6, 6.07) is 9.51. The summed E-state index contributed by atoms with van der Waals surface area (Å²) in [7, 11) is 1.74. The highest BCUT2D eigenvalue weighted by Crippen LogP contribution is 2.33. The van der Waals surface area contributed by atoms with Gasteiger partial charge in [0, 0.05) is 12.6 Å². The highest BCUT2D eigenvalue weighted by molar-refractivity contribution is 5.99. The molecule has 0 N–H and O–H groups in total. The monoisotopic (exact) mass is 186 g/mol. The summed E-state index contributed by atoms with van der Waals surface area (Å²) in [5.74, 6) is 0.0147. The molecular formula is C11H10N2O. The second kappa shape index (κ2) is 3.15. The van der Waals surface area contributed by atoms with Gasteiger partial charge in [0.25, 0.3) is 5.91 Å². The maximum atomic E-state index is 11.7. The Hall–Kier alpha value is -1.82. The molecule has 0 bridgehead atoms. The molecule has 1 unspecified atom stereocenters. The lowest BCUT2D eigenvalue weighted by Crippen LogP contribution is -2.22. The topological polar surface area (TPSA) is 44.1 Å². The summed E-state index contributed by atoms with van der Waals surface area (Å²) in [6.45, 7) is 0. The van der Waals surface area contributed by atoms with E-state index in [1.807, 2.05) is 24.3 Å². The van der Waals surface area contributed by atoms with Crippen molar-refractivity contribution < 1.29 is 4.79 Å². The van der Waals surface area contributed by atoms with Crippen LogP contribution in [-0.4, -0.2) is 17.9 Å². The Morgan fingerprint density at radius 3 is 2.93 bits per heavy atom. The molecule has 0 fully saturated rings. The Balaban J connectivity index is 2.49. The Bertz CT molecular complexity index is 420. The fraction of sp³-hybridized carbons (Fsp3) is 0.273. The minimum Gasteiger partial charge on any atom is -0.334 e. The number of hydrogen-bond acceptors (Lipinski definition) is 2. The van der Waals surface area contributed by atoms with E-state index in [1.54, 1.807) is 11.9 Å². The van der Waals surface area contributed by atoms with E-state index in [0.29, 0.717) is 6.42 Å². The molecule has 1 aliphatic heterocycles. The van der Waals surface area contributed by atoms with Gasteiger partial charge in [0.05, 0.1) is 18.5 Å². The second-order valence-corrected chi connectivity index (χ2v) is 3.38. The van der Waals surface area contributed by atoms with Crippen LogP contribution in [0, 0.1) is 11.3 Å². The molecule has 1 atom stereocenters. The van der Waals surface area contributed by atoms with Crippen LogP contribution in [-0.2, 0) is 0 Å². The number of nitriles is 1. The van der Waals surface area contributed by atoms with Crippen LogP contribution >= 0.6 is 0 Å². The summed E-state index contributed by atoms with van der Waals surface area (Å²) in [5.41, 5.74) is 1.71. The van der Waals surface area contributed by atoms with Crippen LogP contribution in [0.1, 0.15) is 28.4 Å². The van der Waals surface area contributed by atoms with Crippen LogP contribution in [0.25, 0.3) is 0 Å². The molecule has 1 heterocycles. The van der Waals surface area contributed by atoms with Gasteiger partial charge in [-0.1, -0.05) is 18.2 Å². The molecule has 14 heavy (non-hydrogen) atoms. The Kier molecular flexibility index (Phi) is 1.97. The first-order valence-electron chi connectivity index (χ1n) is 4.48. The zero-order chi connectivity index (χ0) is 10.1. The molecule has 0 radical (unpaired) electrons. The van der Waals surface area contributed by atoms with Gasteiger partial charge in [-0.2, -0.15) is 5.26 Å². The first-order chi connectivity index (χ1) is 6.75. The van der Waals surface area contributed by atoms with E-state index in [1.165, 1.54) is 0 Å². The summed E-state index contributed by atoms with van der Waals surface area (Å²) in [5, 5.41) is 8.67. The lowest BCUT2D eigenvalue weighted by molar-refractivity contribution is 0.0776. The molecule has 1 aliphatic rings. The van der Waals surface area contributed by atoms with Crippen molar-refractivity contribution in [1.82, 2.24) is 4.90 Å². The van der Waals surface area contributed by atoms with E-state index in [-0.39, 0.29) is 11.9 Å². The van der Waals surface area contributed by atoms with Gasteiger partial charge < -0.3 is 4.90 Å². The number of fused-ring (bicyclic) bond motifs is 1. The van der Waals surface area contributed by atoms with Crippen LogP contribution < -0.4 is 0 Å². The summed E-state index contributed by atoms with van der Waals surface area (Å²) in [4.78, 5) is 13.3. The lowest BCUT2D eigenvalue weighted by Gasteiger charge is -2.17. The normalized spacial score (nSPS) is 19.3. The van der Waals surface area contributed by atoms with Crippen molar-refractivity contribution in [2.24, 2.45) is 0 Å². The summed E-state index contributed by atoms with van der Waals surface area (Å²) in [6.07, 6.45) is 0.360. The van der Waals surface area contributed by atoms with Crippen molar-refractivity contribution in [2.75, 3.05) is 7.05 Å². The molecule has 2 rings (SSSR count). The molecule has 1 aromatic carbocycles. The number of benzene rings is 1. The number of amides is 1. The average molecular weight is 186 g/mol. The van der Waals surface area contributed by atoms with Crippen LogP contribution in [0.5, 0.6) is 0 Å². The van der Waals surface area contributed by atoms with E-state index in [0.717, 1.165) is 11.1 Å². The zero-order valence-electron chi connectivity index (χ0n) is 7.90. The van der Waals surface area contributed by atoms with Crippen molar-refractivity contribution in [3.05, 3.63) is 35.4 Å². The summed E-state index contributed by atoms with van der Waals surface area (Å²) < 4.78 is 0. The Labute approximate surface area is 82.6 Å². The first kappa shape index (κ1) is 8.76. The molecule has 3 nitrogen and oxygen atoms in total. The van der Waals surface area contributed by atoms with Gasteiger partial charge in [-0.3, -0.25) is 4.79 Å². The minimum atomic E-state index is -0.0660. The molecule has 3 heteroatoms. The van der Waals surface area contributed by atoms with E-state index >= 15 is 0 Å². The molecule has 0 aromatic heterocycles. The first-order valence-corrected chi connectivity index (χ1v) is 4.48. The quantitative estimate of drug-likeness (QED) is 0.670. The number of nitrogens with zero attached hydrogens (tertiary/aromatic N) is 2. The molecular weight excluding hydrogens is 176 g/mol. The average Bonchev–Trinajstić information content (AvgIpc) is 2.45. The van der Waals surface area contributed by atoms with Gasteiger partial charge in [-0.15, -0.1) is 0 Å². The third kappa shape index (κ3) is 1.08. The van der Waals surface area contributed by atoms with Gasteiger partial charge in [-0.05, 0) is 11.6 Å². The van der Waals surface area contributed by atoms with Gasteiger partial charge in [0.1, 0.15) is 0 Å². The fourth-order valence-corrected chi connectivity index (χ4v) is 1.86. The molecule has 1 amide bonds. The number of carbonyl (C=O) groups is 1. The summed E-state index contributed by atoms with van der Waals surface area (Å²) >= 11 is 0. The molecule has 70 valence electrons. The van der Waals surface area contributed by atoms with E-state index < -0.39 is 0 Å². The van der Waals surface area contributed by atoms with Gasteiger partial charge >= 0.3 is 0 Å². The standard InChI is InChI=1S/C11H10N2O/c1-13-10(6-7-12)8-4-2-3-5-9(8)11(13)14/h2-5,10H,6H2,1H3. The largest absolute Gasteiger partial charge is 0.334 e. The maximum Gasteiger partial charge on any atom is 0.254 e. The maximum absolute atomic E-state index is 11.7. The fourth-order valence-electron chi connectivity index (χ4n) is 1.86. The third-order valence-corrected chi connectivity index (χ3v) is 2.62. The van der Waals surface area contributed by atoms with Crippen LogP contribution in [0.4, 0.5) is 0 Å². The van der Waals surface area contributed by atoms with Crippen molar-refractivity contribution in [1.29, 1.82) is 5.26 Å². The van der Waals surface area contributed by atoms with Crippen LogP contribution in [0.2, 0.25) is 0 Å². The molecule has 0 aliphatic carbocycles. The van der Waals surface area contributed by atoms with Gasteiger partial charge in [0.15, 0.2) is 0 Å². The zero-order valence-corrected chi connectivity index (χ0v) is 7.90. The van der Waals surface area contributed by atoms with Crippen molar-refractivity contribution in [2.45, 2.75) is 12.5 Å². The van der Waals surface area contributed by atoms with E-state index in [2.05, 4.69) is 6.07 Å². The number of hydrogen-bond donors (Lipinski definition) is 0. The number of rotatable bonds is 1. The van der Waals surface area contributed by atoms with Gasteiger partial charge in [0.2, 0.25) is 0 Å². The van der Waals surface area contributed by atoms with Crippen LogP contribution in [0.3, 0.4) is 0 Å². The van der Waals surface area contributed by atoms with E-state index in [9.17, 15) is 4.79 Å². The van der Waals surface area contributed by atoms with Crippen LogP contribution in [0.15, 0.2) is 24.3 Å². The highest BCUT2D eigenvalue weighted by atomic mass is 16.2. The lowest BCUT2D eigenvalue weighted by atomic mass is 10.0. The smallest absolute Gasteiger partial charge is 0.254 e. The minimum absolute atomic E-state index is 0.0147. The van der Waals surface area contributed by atoms with E-state index in [4.69, 9.17) is 5.26 Å². The molecule has 0 spiro atoms. The molecule has 0 saturated heterocycles. The van der Waals surface area contributed by atoms with Gasteiger partial charge in [-0.25, -0.2) is 0 Å². The Morgan fingerprint density at radius 1 is 1.50 bits per heavy atom. The highest BCUT2D eigenvalue weighted by Gasteiger charge is 2.33. The van der Waals surface area contributed by atoms with Crippen molar-refractivity contribution in [3.63, 3.8) is 0 Å². The predicted molar refractivity (Wildman–Crippen MR) is 51.5 cm³/mol. The Morgan fingerprint density at radius 2 is 2.21 bits per heavy atom. The second-order valence-electron chi connectivity index (χ2n) is 3.38.